The highest BCUT2D eigenvalue weighted by Gasteiger charge is 2.11. The molecule has 8 rings (SSSR count). The monoisotopic (exact) mass is 665 g/mol. The van der Waals surface area contributed by atoms with E-state index in [1.165, 1.54) is 62.7 Å². The fourth-order valence-corrected chi connectivity index (χ4v) is 7.37. The van der Waals surface area contributed by atoms with Crippen LogP contribution in [0.3, 0.4) is 0 Å². The Morgan fingerprint density at radius 1 is 0.476 bits per heavy atom. The molecule has 198 valence electrons. The van der Waals surface area contributed by atoms with Gasteiger partial charge in [0.25, 0.3) is 0 Å². The van der Waals surface area contributed by atoms with Gasteiger partial charge in [-0.15, -0.1) is 11.3 Å². The van der Waals surface area contributed by atoms with E-state index in [-0.39, 0.29) is 0 Å². The van der Waals surface area contributed by atoms with Gasteiger partial charge in [-0.05, 0) is 91.9 Å². The second-order valence-electron chi connectivity index (χ2n) is 10.6. The molecule has 0 amide bonds. The van der Waals surface area contributed by atoms with Gasteiger partial charge in [-0.2, -0.15) is 0 Å². The van der Waals surface area contributed by atoms with Crippen LogP contribution in [-0.4, -0.2) is 4.98 Å². The fourth-order valence-electron chi connectivity index (χ4n) is 5.77. The van der Waals surface area contributed by atoms with Crippen LogP contribution < -0.4 is 0 Å². The molecule has 0 atom stereocenters. The number of halogens is 1. The molecule has 8 aromatic rings. The van der Waals surface area contributed by atoms with Crippen LogP contribution in [0.4, 0.5) is 0 Å². The van der Waals surface area contributed by atoms with Gasteiger partial charge < -0.3 is 0 Å². The van der Waals surface area contributed by atoms with E-state index in [9.17, 15) is 0 Å². The molecule has 3 heteroatoms. The molecule has 2 heterocycles. The van der Waals surface area contributed by atoms with Crippen molar-refractivity contribution in [3.05, 3.63) is 149 Å². The number of fused-ring (bicyclic) bond motifs is 4. The van der Waals surface area contributed by atoms with Gasteiger partial charge in [-0.3, -0.25) is 4.98 Å². The summed E-state index contributed by atoms with van der Waals surface area (Å²) in [5, 5.41) is 3.81. The quantitative estimate of drug-likeness (QED) is 0.171. The molecule has 2 aromatic heterocycles. The van der Waals surface area contributed by atoms with Crippen molar-refractivity contribution in [1.82, 2.24) is 4.98 Å². The Bertz CT molecular complexity index is 2230. The summed E-state index contributed by atoms with van der Waals surface area (Å²) in [6.07, 6.45) is 1.99. The molecule has 0 aliphatic carbocycles. The smallest absolute Gasteiger partial charge is 0.0708 e. The predicted molar refractivity (Wildman–Crippen MR) is 189 cm³/mol. The van der Waals surface area contributed by atoms with Crippen molar-refractivity contribution >= 4 is 65.0 Å². The first-order chi connectivity index (χ1) is 20.7. The van der Waals surface area contributed by atoms with Crippen molar-refractivity contribution in [2.24, 2.45) is 0 Å². The van der Waals surface area contributed by atoms with E-state index >= 15 is 0 Å². The van der Waals surface area contributed by atoms with Crippen molar-refractivity contribution in [3.8, 4) is 44.5 Å². The lowest BCUT2D eigenvalue weighted by molar-refractivity contribution is 1.41. The average Bonchev–Trinajstić information content (AvgIpc) is 3.44. The number of nitrogens with zero attached hydrogens (tertiary/aromatic N) is 1. The van der Waals surface area contributed by atoms with E-state index in [0.717, 1.165) is 16.5 Å². The number of thiophene rings is 1. The first kappa shape index (κ1) is 25.4. The summed E-state index contributed by atoms with van der Waals surface area (Å²) in [6, 6.07) is 50.5. The number of hydrogen-bond acceptors (Lipinski definition) is 2. The molecule has 0 radical (unpaired) electrons. The van der Waals surface area contributed by atoms with Gasteiger partial charge in [0.2, 0.25) is 0 Å². The lowest BCUT2D eigenvalue weighted by Crippen LogP contribution is -1.86. The number of benzene rings is 6. The van der Waals surface area contributed by atoms with Gasteiger partial charge in [0.15, 0.2) is 0 Å². The molecule has 42 heavy (non-hydrogen) atoms. The molecular weight excluding hydrogens is 641 g/mol. The van der Waals surface area contributed by atoms with Crippen LogP contribution in [0.15, 0.2) is 146 Å². The molecule has 0 unspecified atom stereocenters. The van der Waals surface area contributed by atoms with Gasteiger partial charge in [0.1, 0.15) is 0 Å². The fraction of sp³-hybridized carbons (Fsp3) is 0. The second-order valence-corrected chi connectivity index (χ2v) is 12.9. The number of aromatic nitrogens is 1. The highest BCUT2D eigenvalue weighted by atomic mass is 127. The third-order valence-electron chi connectivity index (χ3n) is 8.01. The molecule has 0 saturated carbocycles. The molecule has 0 aliphatic heterocycles. The van der Waals surface area contributed by atoms with Gasteiger partial charge in [0.05, 0.1) is 5.52 Å². The van der Waals surface area contributed by atoms with Crippen molar-refractivity contribution in [3.63, 3.8) is 0 Å². The van der Waals surface area contributed by atoms with Crippen molar-refractivity contribution in [2.45, 2.75) is 0 Å². The number of hydrogen-bond donors (Lipinski definition) is 0. The first-order valence-corrected chi connectivity index (χ1v) is 15.9. The van der Waals surface area contributed by atoms with E-state index in [2.05, 4.69) is 162 Å². The molecule has 0 bridgehead atoms. The summed E-state index contributed by atoms with van der Waals surface area (Å²) in [5.74, 6) is 0. The van der Waals surface area contributed by atoms with E-state index in [4.69, 9.17) is 4.98 Å². The Hall–Kier alpha value is -4.32. The summed E-state index contributed by atoms with van der Waals surface area (Å²) in [7, 11) is 0. The average molecular weight is 666 g/mol. The lowest BCUT2D eigenvalue weighted by atomic mass is 9.98. The SMILES string of the molecule is Ic1ccc(-c2ccc(-c3ccc4cc(-c5ccc(-c6cccc7c6sc6ccccc67)cc5)cnc4c3)cc2)cc1. The molecule has 0 aliphatic rings. The van der Waals surface area contributed by atoms with E-state index < -0.39 is 0 Å². The number of rotatable bonds is 4. The zero-order valence-electron chi connectivity index (χ0n) is 22.6. The van der Waals surface area contributed by atoms with Gasteiger partial charge >= 0.3 is 0 Å². The van der Waals surface area contributed by atoms with Crippen LogP contribution >= 0.6 is 33.9 Å². The standard InChI is InChI=1S/C39H24INS/c40-33-20-18-26(19-21-33)25-8-10-27(11-9-25)30-16-17-31-22-32(24-41-37(31)23-30)28-12-14-29(15-13-28)34-5-3-6-36-35-4-1-2-7-38(35)42-39(34)36/h1-24H. The van der Waals surface area contributed by atoms with Gasteiger partial charge in [-0.1, -0.05) is 109 Å². The first-order valence-electron chi connectivity index (χ1n) is 14.0. The van der Waals surface area contributed by atoms with Crippen LogP contribution in [0.25, 0.3) is 75.6 Å². The van der Waals surface area contributed by atoms with Gasteiger partial charge in [-0.25, -0.2) is 0 Å². The minimum atomic E-state index is 1.01. The third-order valence-corrected chi connectivity index (χ3v) is 9.95. The van der Waals surface area contributed by atoms with Crippen LogP contribution in [0, 0.1) is 3.57 Å². The topological polar surface area (TPSA) is 12.9 Å². The highest BCUT2D eigenvalue weighted by Crippen LogP contribution is 2.40. The van der Waals surface area contributed by atoms with E-state index in [0.29, 0.717) is 0 Å². The summed E-state index contributed by atoms with van der Waals surface area (Å²) in [4.78, 5) is 4.86. The number of pyridine rings is 1. The Morgan fingerprint density at radius 3 is 1.83 bits per heavy atom. The molecule has 0 saturated heterocycles. The van der Waals surface area contributed by atoms with E-state index in [1.807, 2.05) is 17.5 Å². The second kappa shape index (κ2) is 10.5. The maximum absolute atomic E-state index is 4.86. The molecule has 1 nitrogen and oxygen atoms in total. The minimum absolute atomic E-state index is 1.01. The Labute approximate surface area is 262 Å². The summed E-state index contributed by atoms with van der Waals surface area (Å²) < 4.78 is 3.93. The third kappa shape index (κ3) is 4.59. The summed E-state index contributed by atoms with van der Waals surface area (Å²) in [5.41, 5.74) is 10.7. The molecule has 0 fully saturated rings. The van der Waals surface area contributed by atoms with Crippen molar-refractivity contribution in [2.75, 3.05) is 0 Å². The lowest BCUT2D eigenvalue weighted by Gasteiger charge is -2.09. The maximum Gasteiger partial charge on any atom is 0.0708 e. The van der Waals surface area contributed by atoms with Crippen LogP contribution in [-0.2, 0) is 0 Å². The predicted octanol–water partition coefficient (Wildman–Crippen LogP) is 11.9. The molecule has 6 aromatic carbocycles. The summed E-state index contributed by atoms with van der Waals surface area (Å²) in [6.45, 7) is 0. The highest BCUT2D eigenvalue weighted by molar-refractivity contribution is 14.1. The van der Waals surface area contributed by atoms with E-state index in [1.54, 1.807) is 0 Å². The Kier molecular flexibility index (Phi) is 6.35. The largest absolute Gasteiger partial charge is 0.256 e. The van der Waals surface area contributed by atoms with Gasteiger partial charge in [0, 0.05) is 40.9 Å². The van der Waals surface area contributed by atoms with Crippen molar-refractivity contribution in [1.29, 1.82) is 0 Å². The maximum atomic E-state index is 4.86. The Morgan fingerprint density at radius 2 is 1.07 bits per heavy atom. The normalized spacial score (nSPS) is 11.5. The Balaban J connectivity index is 1.07. The van der Waals surface area contributed by atoms with Crippen molar-refractivity contribution < 1.29 is 0 Å². The zero-order valence-corrected chi connectivity index (χ0v) is 25.6. The van der Waals surface area contributed by atoms with Crippen LogP contribution in [0.5, 0.6) is 0 Å². The van der Waals surface area contributed by atoms with Crippen LogP contribution in [0.1, 0.15) is 0 Å². The zero-order chi connectivity index (χ0) is 28.0. The summed E-state index contributed by atoms with van der Waals surface area (Å²) >= 11 is 4.22. The minimum Gasteiger partial charge on any atom is -0.256 e. The molecule has 0 N–H and O–H groups in total. The molecule has 0 spiro atoms. The molecular formula is C39H24INS. The van der Waals surface area contributed by atoms with Crippen LogP contribution in [0.2, 0.25) is 0 Å².